The molecule has 1 aromatic carbocycles. The largest absolute Gasteiger partial charge is 0.368 e. The molecular formula is C16H25ClN2. The van der Waals surface area contributed by atoms with Gasteiger partial charge in [0.25, 0.3) is 0 Å². The fourth-order valence-electron chi connectivity index (χ4n) is 2.55. The maximum Gasteiger partial charge on any atom is 0.0642 e. The van der Waals surface area contributed by atoms with E-state index in [9.17, 15) is 0 Å². The molecule has 0 aromatic heterocycles. The number of rotatable bonds is 3. The van der Waals surface area contributed by atoms with Crippen LogP contribution in [0.2, 0.25) is 5.02 Å². The molecule has 0 amide bonds. The van der Waals surface area contributed by atoms with Crippen molar-refractivity contribution < 1.29 is 0 Å². The first-order valence-corrected chi connectivity index (χ1v) is 7.55. The molecule has 1 saturated heterocycles. The Morgan fingerprint density at radius 2 is 2.11 bits per heavy atom. The Balaban J connectivity index is 2.09. The van der Waals surface area contributed by atoms with Gasteiger partial charge in [-0.25, -0.2) is 0 Å². The van der Waals surface area contributed by atoms with Gasteiger partial charge in [0.1, 0.15) is 0 Å². The van der Waals surface area contributed by atoms with Crippen LogP contribution in [0.5, 0.6) is 0 Å². The lowest BCUT2D eigenvalue weighted by Gasteiger charge is -2.25. The van der Waals surface area contributed by atoms with Crippen LogP contribution in [0, 0.1) is 0 Å². The Bertz CT molecular complexity index is 437. The number of hydrogen-bond donors (Lipinski definition) is 1. The minimum absolute atomic E-state index is 0.134. The van der Waals surface area contributed by atoms with Gasteiger partial charge in [-0.2, -0.15) is 0 Å². The van der Waals surface area contributed by atoms with Gasteiger partial charge in [-0.3, -0.25) is 0 Å². The maximum atomic E-state index is 6.46. The maximum absolute atomic E-state index is 6.46. The molecule has 3 heteroatoms. The molecule has 1 atom stereocenters. The highest BCUT2D eigenvalue weighted by molar-refractivity contribution is 6.33. The second kappa shape index (κ2) is 5.72. The van der Waals surface area contributed by atoms with Crippen LogP contribution in [0.3, 0.4) is 0 Å². The predicted molar refractivity (Wildman–Crippen MR) is 84.1 cm³/mol. The molecule has 19 heavy (non-hydrogen) atoms. The van der Waals surface area contributed by atoms with Gasteiger partial charge >= 0.3 is 0 Å². The number of nitrogens with zero attached hydrogens (tertiary/aromatic N) is 1. The van der Waals surface area contributed by atoms with Crippen molar-refractivity contribution in [3.63, 3.8) is 0 Å². The van der Waals surface area contributed by atoms with Crippen molar-refractivity contribution in [1.82, 2.24) is 5.32 Å². The van der Waals surface area contributed by atoms with Gasteiger partial charge < -0.3 is 10.2 Å². The smallest absolute Gasteiger partial charge is 0.0642 e. The van der Waals surface area contributed by atoms with E-state index < -0.39 is 0 Å². The highest BCUT2D eigenvalue weighted by Gasteiger charge is 2.22. The molecular weight excluding hydrogens is 256 g/mol. The topological polar surface area (TPSA) is 15.3 Å². The number of nitrogens with one attached hydrogen (secondary N) is 1. The van der Waals surface area contributed by atoms with Crippen LogP contribution in [0.4, 0.5) is 5.69 Å². The van der Waals surface area contributed by atoms with Crippen LogP contribution in [0.15, 0.2) is 18.2 Å². The molecule has 0 bridgehead atoms. The SMILES string of the molecule is CC1CCCN1c1ccc(CNC(C)(C)C)cc1Cl. The molecule has 106 valence electrons. The second-order valence-corrected chi connectivity index (χ2v) is 6.98. The molecule has 1 aliphatic heterocycles. The minimum atomic E-state index is 0.134. The van der Waals surface area contributed by atoms with Crippen LogP contribution in [0.25, 0.3) is 0 Å². The molecule has 1 heterocycles. The first kappa shape index (κ1) is 14.7. The standard InChI is InChI=1S/C16H25ClN2/c1-12-6-5-9-19(12)15-8-7-13(10-14(15)17)11-18-16(2,3)4/h7-8,10,12,18H,5-6,9,11H2,1-4H3. The Kier molecular flexibility index (Phi) is 4.42. The van der Waals surface area contributed by atoms with Crippen molar-refractivity contribution in [3.05, 3.63) is 28.8 Å². The molecule has 1 aromatic rings. The summed E-state index contributed by atoms with van der Waals surface area (Å²) in [5.74, 6) is 0. The van der Waals surface area contributed by atoms with E-state index in [0.29, 0.717) is 6.04 Å². The van der Waals surface area contributed by atoms with E-state index >= 15 is 0 Å². The van der Waals surface area contributed by atoms with Crippen LogP contribution < -0.4 is 10.2 Å². The van der Waals surface area contributed by atoms with Crippen molar-refractivity contribution in [2.24, 2.45) is 0 Å². The molecule has 1 fully saturated rings. The monoisotopic (exact) mass is 280 g/mol. The number of benzene rings is 1. The Hall–Kier alpha value is -0.730. The van der Waals surface area contributed by atoms with Crippen molar-refractivity contribution in [3.8, 4) is 0 Å². The molecule has 1 unspecified atom stereocenters. The first-order valence-electron chi connectivity index (χ1n) is 7.17. The van der Waals surface area contributed by atoms with Crippen LogP contribution >= 0.6 is 11.6 Å². The molecule has 0 saturated carbocycles. The number of hydrogen-bond acceptors (Lipinski definition) is 2. The summed E-state index contributed by atoms with van der Waals surface area (Å²) in [6.07, 6.45) is 2.54. The van der Waals surface area contributed by atoms with E-state index in [1.165, 1.54) is 24.1 Å². The average Bonchev–Trinajstić information content (AvgIpc) is 2.72. The lowest BCUT2D eigenvalue weighted by Crippen LogP contribution is -2.35. The van der Waals surface area contributed by atoms with E-state index in [1.807, 2.05) is 0 Å². The predicted octanol–water partition coefficient (Wildman–Crippen LogP) is 4.22. The average molecular weight is 281 g/mol. The summed E-state index contributed by atoms with van der Waals surface area (Å²) in [5, 5.41) is 4.37. The Morgan fingerprint density at radius 3 is 2.63 bits per heavy atom. The summed E-state index contributed by atoms with van der Waals surface area (Å²) >= 11 is 6.46. The van der Waals surface area contributed by atoms with E-state index in [-0.39, 0.29) is 5.54 Å². The summed E-state index contributed by atoms with van der Waals surface area (Å²) < 4.78 is 0. The molecule has 2 rings (SSSR count). The molecule has 0 spiro atoms. The van der Waals surface area contributed by atoms with Gasteiger partial charge in [-0.1, -0.05) is 17.7 Å². The van der Waals surface area contributed by atoms with Crippen LogP contribution in [-0.4, -0.2) is 18.1 Å². The van der Waals surface area contributed by atoms with Crippen molar-refractivity contribution in [2.75, 3.05) is 11.4 Å². The van der Waals surface area contributed by atoms with E-state index in [2.05, 4.69) is 56.1 Å². The fourth-order valence-corrected chi connectivity index (χ4v) is 2.86. The number of halogens is 1. The Labute approximate surface area is 122 Å². The minimum Gasteiger partial charge on any atom is -0.368 e. The molecule has 1 aliphatic rings. The summed E-state index contributed by atoms with van der Waals surface area (Å²) in [5.41, 5.74) is 2.57. The van der Waals surface area contributed by atoms with Crippen molar-refractivity contribution in [2.45, 2.75) is 58.7 Å². The van der Waals surface area contributed by atoms with Gasteiger partial charge in [-0.15, -0.1) is 0 Å². The zero-order chi connectivity index (χ0) is 14.0. The molecule has 0 aliphatic carbocycles. The third-order valence-electron chi connectivity index (χ3n) is 3.70. The second-order valence-electron chi connectivity index (χ2n) is 6.57. The van der Waals surface area contributed by atoms with E-state index in [1.54, 1.807) is 0 Å². The van der Waals surface area contributed by atoms with Gasteiger partial charge in [0.2, 0.25) is 0 Å². The highest BCUT2D eigenvalue weighted by atomic mass is 35.5. The molecule has 0 radical (unpaired) electrons. The zero-order valence-corrected chi connectivity index (χ0v) is 13.2. The fraction of sp³-hybridized carbons (Fsp3) is 0.625. The van der Waals surface area contributed by atoms with Gasteiger partial charge in [0.05, 0.1) is 10.7 Å². The van der Waals surface area contributed by atoms with E-state index in [0.717, 1.165) is 18.1 Å². The first-order chi connectivity index (χ1) is 8.87. The number of anilines is 1. The van der Waals surface area contributed by atoms with Gasteiger partial charge in [0, 0.05) is 24.7 Å². The summed E-state index contributed by atoms with van der Waals surface area (Å²) in [6.45, 7) is 10.8. The van der Waals surface area contributed by atoms with Crippen LogP contribution in [-0.2, 0) is 6.54 Å². The zero-order valence-electron chi connectivity index (χ0n) is 12.5. The molecule has 2 nitrogen and oxygen atoms in total. The molecule has 1 N–H and O–H groups in total. The lowest BCUT2D eigenvalue weighted by molar-refractivity contribution is 0.424. The Morgan fingerprint density at radius 1 is 1.37 bits per heavy atom. The van der Waals surface area contributed by atoms with Crippen molar-refractivity contribution in [1.29, 1.82) is 0 Å². The van der Waals surface area contributed by atoms with Crippen LogP contribution in [0.1, 0.15) is 46.1 Å². The summed E-state index contributed by atoms with van der Waals surface area (Å²) in [4.78, 5) is 2.42. The normalized spacial score (nSPS) is 20.1. The summed E-state index contributed by atoms with van der Waals surface area (Å²) in [7, 11) is 0. The van der Waals surface area contributed by atoms with E-state index in [4.69, 9.17) is 11.6 Å². The quantitative estimate of drug-likeness (QED) is 0.892. The van der Waals surface area contributed by atoms with Gasteiger partial charge in [0.15, 0.2) is 0 Å². The lowest BCUT2D eigenvalue weighted by atomic mass is 10.1. The third-order valence-corrected chi connectivity index (χ3v) is 4.00. The summed E-state index contributed by atoms with van der Waals surface area (Å²) in [6, 6.07) is 7.06. The highest BCUT2D eigenvalue weighted by Crippen LogP contribution is 2.32. The van der Waals surface area contributed by atoms with Crippen molar-refractivity contribution >= 4 is 17.3 Å². The van der Waals surface area contributed by atoms with Gasteiger partial charge in [-0.05, 0) is 58.2 Å². The third kappa shape index (κ3) is 3.87.